The van der Waals surface area contributed by atoms with Crippen LogP contribution in [0.3, 0.4) is 0 Å². The molecule has 31 heavy (non-hydrogen) atoms. The second kappa shape index (κ2) is 8.00. The molecule has 0 unspecified atom stereocenters. The Hall–Kier alpha value is -4.05. The van der Waals surface area contributed by atoms with Crippen LogP contribution in [-0.4, -0.2) is 20.2 Å². The van der Waals surface area contributed by atoms with Crippen LogP contribution < -0.4 is 0 Å². The predicted molar refractivity (Wildman–Crippen MR) is 123 cm³/mol. The van der Waals surface area contributed by atoms with Crippen LogP contribution in [0.2, 0.25) is 0 Å². The topological polar surface area (TPSA) is 43.6 Å². The first-order valence-corrected chi connectivity index (χ1v) is 10.3. The molecule has 0 aliphatic rings. The number of hydrogen-bond acceptors (Lipinski definition) is 3. The van der Waals surface area contributed by atoms with Gasteiger partial charge in [-0.25, -0.2) is 0 Å². The molecule has 4 heteroatoms. The predicted octanol–water partition coefficient (Wildman–Crippen LogP) is 5.49. The van der Waals surface area contributed by atoms with Crippen molar-refractivity contribution in [3.8, 4) is 11.4 Å². The van der Waals surface area contributed by atoms with Crippen LogP contribution in [0.25, 0.3) is 11.4 Å². The van der Waals surface area contributed by atoms with E-state index in [0.29, 0.717) is 5.82 Å². The lowest BCUT2D eigenvalue weighted by Gasteiger charge is -2.34. The summed E-state index contributed by atoms with van der Waals surface area (Å²) in [5.74, 6) is 0.604. The molecule has 0 amide bonds. The van der Waals surface area contributed by atoms with E-state index in [1.165, 1.54) is 5.56 Å². The largest absolute Gasteiger partial charge is 0.204 e. The Morgan fingerprint density at radius 2 is 1.03 bits per heavy atom. The van der Waals surface area contributed by atoms with Crippen LogP contribution in [0.1, 0.15) is 22.3 Å². The maximum Gasteiger partial charge on any atom is 0.204 e. The third kappa shape index (κ3) is 3.32. The molecule has 0 aliphatic carbocycles. The van der Waals surface area contributed by atoms with Crippen molar-refractivity contribution in [1.82, 2.24) is 20.2 Å². The molecule has 0 saturated heterocycles. The molecule has 0 spiro atoms. The number of hydrogen-bond donors (Lipinski definition) is 0. The fourth-order valence-electron chi connectivity index (χ4n) is 4.06. The molecule has 0 bridgehead atoms. The molecule has 4 nitrogen and oxygen atoms in total. The second-order valence-corrected chi connectivity index (χ2v) is 7.58. The summed E-state index contributed by atoms with van der Waals surface area (Å²) in [6.45, 7) is 2.07. The Bertz CT molecular complexity index is 1160. The lowest BCUT2D eigenvalue weighted by atomic mass is 9.77. The molecule has 0 aliphatic heterocycles. The quantitative estimate of drug-likeness (QED) is 0.365. The van der Waals surface area contributed by atoms with Crippen molar-refractivity contribution in [2.75, 3.05) is 0 Å². The van der Waals surface area contributed by atoms with Gasteiger partial charge < -0.3 is 0 Å². The molecule has 1 aromatic heterocycles. The first-order chi connectivity index (χ1) is 15.3. The first kappa shape index (κ1) is 18.9. The van der Waals surface area contributed by atoms with E-state index in [2.05, 4.69) is 65.8 Å². The van der Waals surface area contributed by atoms with Gasteiger partial charge in [-0.2, -0.15) is 0 Å². The van der Waals surface area contributed by atoms with Gasteiger partial charge in [-0.3, -0.25) is 0 Å². The zero-order chi connectivity index (χ0) is 21.1. The SMILES string of the molecule is Cc1ccc(-c2nnn(C(c3ccccc3)(c3ccccc3)c3ccccc3)n2)cc1. The number of aryl methyl sites for hydroxylation is 1. The Morgan fingerprint density at radius 1 is 0.581 bits per heavy atom. The van der Waals surface area contributed by atoms with Crippen molar-refractivity contribution in [3.05, 3.63) is 138 Å². The van der Waals surface area contributed by atoms with Crippen LogP contribution in [0, 0.1) is 6.92 Å². The van der Waals surface area contributed by atoms with Gasteiger partial charge in [-0.05, 0) is 28.8 Å². The summed E-state index contributed by atoms with van der Waals surface area (Å²) in [6, 6.07) is 39.3. The molecule has 5 rings (SSSR count). The minimum Gasteiger partial charge on any atom is -0.144 e. The maximum atomic E-state index is 4.91. The molecule has 0 fully saturated rings. The Kier molecular flexibility index (Phi) is 4.89. The Labute approximate surface area is 181 Å². The summed E-state index contributed by atoms with van der Waals surface area (Å²) in [5, 5.41) is 13.9. The van der Waals surface area contributed by atoms with Crippen molar-refractivity contribution >= 4 is 0 Å². The van der Waals surface area contributed by atoms with E-state index in [0.717, 1.165) is 22.3 Å². The summed E-state index contributed by atoms with van der Waals surface area (Å²) in [5.41, 5.74) is 4.60. The second-order valence-electron chi connectivity index (χ2n) is 7.58. The van der Waals surface area contributed by atoms with Crippen molar-refractivity contribution in [2.45, 2.75) is 12.5 Å². The van der Waals surface area contributed by atoms with Crippen LogP contribution in [-0.2, 0) is 5.54 Å². The summed E-state index contributed by atoms with van der Waals surface area (Å²) < 4.78 is 0. The third-order valence-electron chi connectivity index (χ3n) is 5.60. The Morgan fingerprint density at radius 3 is 1.48 bits per heavy atom. The summed E-state index contributed by atoms with van der Waals surface area (Å²) in [4.78, 5) is 1.75. The average molecular weight is 403 g/mol. The molecule has 5 aromatic rings. The first-order valence-electron chi connectivity index (χ1n) is 10.3. The smallest absolute Gasteiger partial charge is 0.144 e. The van der Waals surface area contributed by atoms with E-state index in [-0.39, 0.29) is 0 Å². The molecule has 0 radical (unpaired) electrons. The van der Waals surface area contributed by atoms with Crippen molar-refractivity contribution in [3.63, 3.8) is 0 Å². The van der Waals surface area contributed by atoms with Crippen LogP contribution in [0.4, 0.5) is 0 Å². The third-order valence-corrected chi connectivity index (χ3v) is 5.60. The minimum absolute atomic E-state index is 0.604. The number of aromatic nitrogens is 4. The zero-order valence-electron chi connectivity index (χ0n) is 17.3. The number of benzene rings is 4. The number of nitrogens with zero attached hydrogens (tertiary/aromatic N) is 4. The van der Waals surface area contributed by atoms with E-state index in [9.17, 15) is 0 Å². The highest BCUT2D eigenvalue weighted by Gasteiger charge is 2.41. The van der Waals surface area contributed by atoms with Gasteiger partial charge in [0.25, 0.3) is 0 Å². The summed E-state index contributed by atoms with van der Waals surface area (Å²) >= 11 is 0. The lowest BCUT2D eigenvalue weighted by molar-refractivity contribution is 0.396. The molecule has 0 saturated carbocycles. The van der Waals surface area contributed by atoms with Crippen molar-refractivity contribution < 1.29 is 0 Å². The summed E-state index contributed by atoms with van der Waals surface area (Å²) in [7, 11) is 0. The standard InChI is InChI=1S/C27H22N4/c1-21-17-19-22(20-18-21)26-28-30-31(29-26)27(23-11-5-2-6-12-23,24-13-7-3-8-14-24)25-15-9-4-10-16-25/h2-20H,1H3. The van der Waals surface area contributed by atoms with Gasteiger partial charge in [-0.1, -0.05) is 121 Å². The molecule has 4 aromatic carbocycles. The van der Waals surface area contributed by atoms with E-state index < -0.39 is 5.54 Å². The van der Waals surface area contributed by atoms with Crippen molar-refractivity contribution in [2.24, 2.45) is 0 Å². The highest BCUT2D eigenvalue weighted by atomic mass is 15.6. The molecule has 0 atom stereocenters. The van der Waals surface area contributed by atoms with E-state index in [4.69, 9.17) is 5.10 Å². The fourth-order valence-corrected chi connectivity index (χ4v) is 4.06. The highest BCUT2D eigenvalue weighted by Crippen LogP contribution is 2.39. The zero-order valence-corrected chi connectivity index (χ0v) is 17.3. The van der Waals surface area contributed by atoms with Crippen molar-refractivity contribution in [1.29, 1.82) is 0 Å². The molecular weight excluding hydrogens is 380 g/mol. The van der Waals surface area contributed by atoms with Gasteiger partial charge in [0.2, 0.25) is 5.82 Å². The minimum atomic E-state index is -0.750. The van der Waals surface area contributed by atoms with Gasteiger partial charge >= 0.3 is 0 Å². The van der Waals surface area contributed by atoms with Gasteiger partial charge in [0, 0.05) is 5.56 Å². The Balaban J connectivity index is 1.80. The number of tetrazole rings is 1. The van der Waals surface area contributed by atoms with Gasteiger partial charge in [0.1, 0.15) is 0 Å². The highest BCUT2D eigenvalue weighted by molar-refractivity contribution is 5.55. The molecular formula is C27H22N4. The van der Waals surface area contributed by atoms with E-state index >= 15 is 0 Å². The number of rotatable bonds is 5. The van der Waals surface area contributed by atoms with Gasteiger partial charge in [0.15, 0.2) is 5.54 Å². The van der Waals surface area contributed by atoms with Crippen LogP contribution >= 0.6 is 0 Å². The molecule has 1 heterocycles. The maximum absolute atomic E-state index is 4.91. The summed E-state index contributed by atoms with van der Waals surface area (Å²) in [6.07, 6.45) is 0. The monoisotopic (exact) mass is 402 g/mol. The van der Waals surface area contributed by atoms with Crippen LogP contribution in [0.5, 0.6) is 0 Å². The van der Waals surface area contributed by atoms with E-state index in [1.807, 2.05) is 66.7 Å². The van der Waals surface area contributed by atoms with E-state index in [1.54, 1.807) is 4.80 Å². The normalized spacial score (nSPS) is 11.4. The molecule has 0 N–H and O–H groups in total. The van der Waals surface area contributed by atoms with Gasteiger partial charge in [0.05, 0.1) is 0 Å². The van der Waals surface area contributed by atoms with Crippen LogP contribution in [0.15, 0.2) is 115 Å². The fraction of sp³-hybridized carbons (Fsp3) is 0.0741. The van der Waals surface area contributed by atoms with Gasteiger partial charge in [-0.15, -0.1) is 15.0 Å². The average Bonchev–Trinajstić information content (AvgIpc) is 3.33. The molecule has 150 valence electrons. The lowest BCUT2D eigenvalue weighted by Crippen LogP contribution is -2.39.